The van der Waals surface area contributed by atoms with Gasteiger partial charge in [0, 0.05) is 6.42 Å². The van der Waals surface area contributed by atoms with Gasteiger partial charge in [-0.05, 0) is 11.1 Å². The Balaban J connectivity index is 2.47. The molecule has 0 radical (unpaired) electrons. The molecule has 0 fully saturated rings. The van der Waals surface area contributed by atoms with Crippen molar-refractivity contribution in [1.29, 1.82) is 0 Å². The number of aliphatic hydroxyl groups is 1. The minimum absolute atomic E-state index is 0.456. The van der Waals surface area contributed by atoms with Crippen molar-refractivity contribution >= 4 is 0 Å². The van der Waals surface area contributed by atoms with Gasteiger partial charge >= 0.3 is 0 Å². The van der Waals surface area contributed by atoms with E-state index in [2.05, 4.69) is 0 Å². The Kier molecular flexibility index (Phi) is 1.43. The van der Waals surface area contributed by atoms with E-state index in [1.54, 1.807) is 12.1 Å². The Hall–Kier alpha value is -0.890. The van der Waals surface area contributed by atoms with Crippen molar-refractivity contribution < 1.29 is 9.50 Å². The first-order valence-corrected chi connectivity index (χ1v) is 3.69. The molecule has 1 aromatic rings. The summed E-state index contributed by atoms with van der Waals surface area (Å²) in [4.78, 5) is 0. The summed E-state index contributed by atoms with van der Waals surface area (Å²) in [7, 11) is 0. The molecule has 0 aliphatic heterocycles. The van der Waals surface area contributed by atoms with E-state index in [1.165, 1.54) is 0 Å². The number of halogens is 1. The Morgan fingerprint density at radius 1 is 1.36 bits per heavy atom. The zero-order valence-corrected chi connectivity index (χ0v) is 6.00. The maximum Gasteiger partial charge on any atom is 0.151 e. The summed E-state index contributed by atoms with van der Waals surface area (Å²) in [6.45, 7) is 0. The minimum atomic E-state index is -1.17. The van der Waals surface area contributed by atoms with Gasteiger partial charge in [-0.2, -0.15) is 0 Å². The van der Waals surface area contributed by atoms with Gasteiger partial charge in [-0.1, -0.05) is 24.3 Å². The van der Waals surface area contributed by atoms with Crippen LogP contribution in [0.2, 0.25) is 0 Å². The summed E-state index contributed by atoms with van der Waals surface area (Å²) in [6.07, 6.45) is -1.55. The van der Waals surface area contributed by atoms with Crippen LogP contribution in [0.15, 0.2) is 24.3 Å². The number of hydrogen-bond donors (Lipinski definition) is 1. The molecular weight excluding hydrogens is 143 g/mol. The number of aliphatic hydroxyl groups excluding tert-OH is 1. The number of hydrogen-bond acceptors (Lipinski definition) is 1. The van der Waals surface area contributed by atoms with E-state index in [1.807, 2.05) is 12.1 Å². The Morgan fingerprint density at radius 2 is 2.09 bits per heavy atom. The van der Waals surface area contributed by atoms with Gasteiger partial charge in [0.1, 0.15) is 0 Å². The van der Waals surface area contributed by atoms with Gasteiger partial charge in [0.25, 0.3) is 0 Å². The average Bonchev–Trinajstić information content (AvgIpc) is 2.30. The molecule has 1 aliphatic rings. The van der Waals surface area contributed by atoms with Crippen molar-refractivity contribution in [2.45, 2.75) is 18.7 Å². The first-order chi connectivity index (χ1) is 5.29. The average molecular weight is 152 g/mol. The van der Waals surface area contributed by atoms with E-state index in [-0.39, 0.29) is 0 Å². The quantitative estimate of drug-likeness (QED) is 0.598. The van der Waals surface area contributed by atoms with E-state index < -0.39 is 12.3 Å². The van der Waals surface area contributed by atoms with Crippen LogP contribution < -0.4 is 0 Å². The van der Waals surface area contributed by atoms with Crippen LogP contribution in [-0.4, -0.2) is 11.2 Å². The lowest BCUT2D eigenvalue weighted by Crippen LogP contribution is -2.08. The number of benzene rings is 1. The van der Waals surface area contributed by atoms with Crippen molar-refractivity contribution in [3.05, 3.63) is 35.4 Å². The van der Waals surface area contributed by atoms with E-state index in [9.17, 15) is 4.39 Å². The Labute approximate surface area is 64.5 Å². The van der Waals surface area contributed by atoms with Crippen LogP contribution in [0.3, 0.4) is 0 Å². The lowest BCUT2D eigenvalue weighted by molar-refractivity contribution is 0.0928. The first kappa shape index (κ1) is 6.80. The smallest absolute Gasteiger partial charge is 0.151 e. The van der Waals surface area contributed by atoms with E-state index in [0.29, 0.717) is 12.0 Å². The van der Waals surface area contributed by atoms with Crippen LogP contribution in [0, 0.1) is 0 Å². The monoisotopic (exact) mass is 152 g/mol. The largest absolute Gasteiger partial charge is 0.389 e. The molecule has 0 bridgehead atoms. The SMILES string of the molecule is O[C@H]1Cc2ccccc2[C@@H]1F. The summed E-state index contributed by atoms with van der Waals surface area (Å²) >= 11 is 0. The number of fused-ring (bicyclic) bond motifs is 1. The second kappa shape index (κ2) is 2.31. The van der Waals surface area contributed by atoms with E-state index >= 15 is 0 Å². The molecule has 0 aromatic heterocycles. The second-order valence-electron chi connectivity index (χ2n) is 2.87. The van der Waals surface area contributed by atoms with Crippen LogP contribution in [0.5, 0.6) is 0 Å². The number of alkyl halides is 1. The molecule has 0 heterocycles. The molecule has 11 heavy (non-hydrogen) atoms. The zero-order chi connectivity index (χ0) is 7.84. The van der Waals surface area contributed by atoms with Crippen molar-refractivity contribution in [3.63, 3.8) is 0 Å². The molecule has 58 valence electrons. The number of rotatable bonds is 0. The van der Waals surface area contributed by atoms with Gasteiger partial charge in [0.2, 0.25) is 0 Å². The summed E-state index contributed by atoms with van der Waals surface area (Å²) in [5.74, 6) is 0. The summed E-state index contributed by atoms with van der Waals surface area (Å²) < 4.78 is 13.1. The fourth-order valence-electron chi connectivity index (χ4n) is 1.53. The van der Waals surface area contributed by atoms with E-state index in [4.69, 9.17) is 5.11 Å². The van der Waals surface area contributed by atoms with Gasteiger partial charge in [0.15, 0.2) is 6.17 Å². The zero-order valence-electron chi connectivity index (χ0n) is 6.00. The predicted octanol–water partition coefficient (Wildman–Crippen LogP) is 1.61. The van der Waals surface area contributed by atoms with Crippen LogP contribution in [0.4, 0.5) is 4.39 Å². The fraction of sp³-hybridized carbons (Fsp3) is 0.333. The molecule has 0 spiro atoms. The fourth-order valence-corrected chi connectivity index (χ4v) is 1.53. The Bertz CT molecular complexity index is 272. The minimum Gasteiger partial charge on any atom is -0.389 e. The topological polar surface area (TPSA) is 20.2 Å². The summed E-state index contributed by atoms with van der Waals surface area (Å²) in [5, 5.41) is 9.14. The molecule has 1 aromatic carbocycles. The normalized spacial score (nSPS) is 28.5. The van der Waals surface area contributed by atoms with E-state index in [0.717, 1.165) is 5.56 Å². The van der Waals surface area contributed by atoms with Gasteiger partial charge in [-0.3, -0.25) is 0 Å². The summed E-state index contributed by atoms with van der Waals surface area (Å²) in [6, 6.07) is 7.25. The standard InChI is InChI=1S/C9H9FO/c10-9-7-4-2-1-3-6(7)5-8(9)11/h1-4,8-9,11H,5H2/t8-,9-/m0/s1. The van der Waals surface area contributed by atoms with Crippen LogP contribution in [0.25, 0.3) is 0 Å². The highest BCUT2D eigenvalue weighted by Gasteiger charge is 2.29. The summed E-state index contributed by atoms with van der Waals surface area (Å²) in [5.41, 5.74) is 1.59. The molecule has 0 amide bonds. The van der Waals surface area contributed by atoms with Crippen molar-refractivity contribution in [2.24, 2.45) is 0 Å². The second-order valence-corrected chi connectivity index (χ2v) is 2.87. The molecule has 2 rings (SSSR count). The molecule has 0 saturated carbocycles. The molecule has 1 nitrogen and oxygen atoms in total. The molecular formula is C9H9FO. The third-order valence-corrected chi connectivity index (χ3v) is 2.12. The van der Waals surface area contributed by atoms with Crippen LogP contribution in [-0.2, 0) is 6.42 Å². The van der Waals surface area contributed by atoms with Crippen LogP contribution in [0.1, 0.15) is 17.3 Å². The van der Waals surface area contributed by atoms with Gasteiger partial charge in [-0.15, -0.1) is 0 Å². The van der Waals surface area contributed by atoms with Gasteiger partial charge in [-0.25, -0.2) is 4.39 Å². The highest BCUT2D eigenvalue weighted by Crippen LogP contribution is 2.33. The molecule has 1 aliphatic carbocycles. The lowest BCUT2D eigenvalue weighted by Gasteiger charge is -2.03. The maximum absolute atomic E-state index is 13.1. The van der Waals surface area contributed by atoms with Crippen molar-refractivity contribution in [1.82, 2.24) is 0 Å². The first-order valence-electron chi connectivity index (χ1n) is 3.69. The third kappa shape index (κ3) is 0.942. The Morgan fingerprint density at radius 3 is 2.82 bits per heavy atom. The van der Waals surface area contributed by atoms with Crippen LogP contribution >= 0.6 is 0 Å². The molecule has 2 atom stereocenters. The predicted molar refractivity (Wildman–Crippen MR) is 40.0 cm³/mol. The highest BCUT2D eigenvalue weighted by molar-refractivity contribution is 5.34. The molecule has 2 heteroatoms. The molecule has 0 saturated heterocycles. The lowest BCUT2D eigenvalue weighted by atomic mass is 10.1. The highest BCUT2D eigenvalue weighted by atomic mass is 19.1. The molecule has 1 N–H and O–H groups in total. The van der Waals surface area contributed by atoms with Crippen molar-refractivity contribution in [2.75, 3.05) is 0 Å². The van der Waals surface area contributed by atoms with Gasteiger partial charge < -0.3 is 5.11 Å². The van der Waals surface area contributed by atoms with Crippen molar-refractivity contribution in [3.8, 4) is 0 Å². The third-order valence-electron chi connectivity index (χ3n) is 2.12. The van der Waals surface area contributed by atoms with Gasteiger partial charge in [0.05, 0.1) is 6.10 Å². The maximum atomic E-state index is 13.1. The molecule has 0 unspecified atom stereocenters.